The van der Waals surface area contributed by atoms with Gasteiger partial charge in [-0.1, -0.05) is 74.5 Å². The summed E-state index contributed by atoms with van der Waals surface area (Å²) < 4.78 is 0. The van der Waals surface area contributed by atoms with Crippen molar-refractivity contribution in [1.29, 1.82) is 0 Å². The lowest BCUT2D eigenvalue weighted by molar-refractivity contribution is -0.145. The molecule has 1 saturated heterocycles. The van der Waals surface area contributed by atoms with E-state index >= 15 is 0 Å². The van der Waals surface area contributed by atoms with Crippen LogP contribution in [0.1, 0.15) is 76.3 Å². The standard InChI is InChI=1S/C41H61N11O7/c1-26(2)24-31(48-34(53)20-19-27-12-5-3-6-13-27)35(54)51-32(25-28-14-7-4-8-15-28)36(55)49-29(16-9-21-46-40(42)43)38(57)52-23-11-18-33(52)37(56)50-30(39(58)59)17-10-22-47-41(44)45/h3-8,12-15,26,29-33H,9-11,16-25H2,1-2H3,(H,48,53)(H,49,55)(H,50,56)(H,51,54)(H,58,59)(H4,42,43,46)(H4,44,45,47)/t29-,30-,31-,32-,33-/m0/s1. The Morgan fingerprint density at radius 2 is 1.27 bits per heavy atom. The lowest BCUT2D eigenvalue weighted by Crippen LogP contribution is -2.59. The number of hydrogen-bond donors (Lipinski definition) is 9. The van der Waals surface area contributed by atoms with E-state index in [1.165, 1.54) is 4.90 Å². The van der Waals surface area contributed by atoms with Crippen molar-refractivity contribution >= 4 is 47.4 Å². The molecule has 5 amide bonds. The monoisotopic (exact) mass is 819 g/mol. The third-order valence-corrected chi connectivity index (χ3v) is 9.72. The summed E-state index contributed by atoms with van der Waals surface area (Å²) in [5.41, 5.74) is 23.4. The van der Waals surface area contributed by atoms with Crippen LogP contribution in [0.25, 0.3) is 0 Å². The van der Waals surface area contributed by atoms with Crippen LogP contribution in [0.3, 0.4) is 0 Å². The molecular weight excluding hydrogens is 759 g/mol. The number of nitrogens with two attached hydrogens (primary N) is 4. The van der Waals surface area contributed by atoms with E-state index in [1.54, 1.807) is 24.3 Å². The third kappa shape index (κ3) is 17.1. The van der Waals surface area contributed by atoms with Gasteiger partial charge in [-0.2, -0.15) is 0 Å². The molecule has 0 radical (unpaired) electrons. The minimum Gasteiger partial charge on any atom is -0.480 e. The Hall–Kier alpha value is -6.20. The summed E-state index contributed by atoms with van der Waals surface area (Å²) >= 11 is 0. The zero-order valence-electron chi connectivity index (χ0n) is 34.0. The first kappa shape index (κ1) is 47.2. The second-order valence-electron chi connectivity index (χ2n) is 15.0. The van der Waals surface area contributed by atoms with E-state index in [0.717, 1.165) is 11.1 Å². The van der Waals surface area contributed by atoms with Crippen LogP contribution in [0.15, 0.2) is 70.6 Å². The minimum absolute atomic E-state index is 0.0230. The number of amides is 5. The predicted octanol–water partition coefficient (Wildman–Crippen LogP) is 0.0300. The molecule has 322 valence electrons. The number of aryl methyl sites for hydroxylation is 1. The van der Waals surface area contributed by atoms with Crippen molar-refractivity contribution in [2.45, 2.75) is 108 Å². The van der Waals surface area contributed by atoms with Crippen molar-refractivity contribution in [3.8, 4) is 0 Å². The van der Waals surface area contributed by atoms with Crippen molar-refractivity contribution in [1.82, 2.24) is 26.2 Å². The molecule has 1 fully saturated rings. The number of hydrogen-bond acceptors (Lipinski definition) is 8. The van der Waals surface area contributed by atoms with Crippen LogP contribution in [-0.4, -0.2) is 107 Å². The molecule has 1 heterocycles. The van der Waals surface area contributed by atoms with Crippen molar-refractivity contribution in [2.24, 2.45) is 38.8 Å². The Balaban J connectivity index is 1.83. The Kier molecular flexibility index (Phi) is 19.6. The van der Waals surface area contributed by atoms with Crippen LogP contribution in [-0.2, 0) is 41.6 Å². The highest BCUT2D eigenvalue weighted by Gasteiger charge is 2.39. The van der Waals surface area contributed by atoms with Crippen LogP contribution in [0, 0.1) is 5.92 Å². The van der Waals surface area contributed by atoms with Gasteiger partial charge in [0.15, 0.2) is 11.9 Å². The molecule has 0 aliphatic carbocycles. The van der Waals surface area contributed by atoms with Gasteiger partial charge in [-0.15, -0.1) is 0 Å². The molecule has 0 aromatic heterocycles. The molecule has 0 saturated carbocycles. The molecule has 2 aromatic rings. The zero-order chi connectivity index (χ0) is 43.3. The first-order valence-electron chi connectivity index (χ1n) is 20.1. The van der Waals surface area contributed by atoms with Gasteiger partial charge in [-0.05, 0) is 68.4 Å². The fourth-order valence-electron chi connectivity index (χ4n) is 6.77. The maximum absolute atomic E-state index is 14.3. The Labute approximate surface area is 345 Å². The number of aliphatic carboxylic acids is 1. The van der Waals surface area contributed by atoms with E-state index in [-0.39, 0.29) is 88.3 Å². The van der Waals surface area contributed by atoms with Crippen LogP contribution < -0.4 is 44.2 Å². The highest BCUT2D eigenvalue weighted by Crippen LogP contribution is 2.21. The number of carboxylic acids is 1. The minimum atomic E-state index is -1.25. The fourth-order valence-corrected chi connectivity index (χ4v) is 6.77. The first-order chi connectivity index (χ1) is 28.1. The average molecular weight is 820 g/mol. The third-order valence-electron chi connectivity index (χ3n) is 9.72. The van der Waals surface area contributed by atoms with Crippen molar-refractivity contribution in [3.63, 3.8) is 0 Å². The normalized spacial score (nSPS) is 15.5. The van der Waals surface area contributed by atoms with Gasteiger partial charge in [0.05, 0.1) is 0 Å². The van der Waals surface area contributed by atoms with Crippen LogP contribution in [0.4, 0.5) is 0 Å². The summed E-state index contributed by atoms with van der Waals surface area (Å²) in [4.78, 5) is 90.3. The number of nitrogens with zero attached hydrogens (tertiary/aromatic N) is 3. The van der Waals surface area contributed by atoms with Crippen molar-refractivity contribution in [3.05, 3.63) is 71.8 Å². The number of guanidine groups is 2. The van der Waals surface area contributed by atoms with Crippen molar-refractivity contribution in [2.75, 3.05) is 19.6 Å². The fraction of sp³-hybridized carbons (Fsp3) is 0.512. The van der Waals surface area contributed by atoms with Gasteiger partial charge in [-0.3, -0.25) is 34.0 Å². The van der Waals surface area contributed by atoms with Gasteiger partial charge in [-0.25, -0.2) is 4.79 Å². The molecule has 1 aliphatic rings. The van der Waals surface area contributed by atoms with Gasteiger partial charge in [0.25, 0.3) is 0 Å². The van der Waals surface area contributed by atoms with Gasteiger partial charge >= 0.3 is 5.97 Å². The van der Waals surface area contributed by atoms with Crippen LogP contribution in [0.5, 0.6) is 0 Å². The maximum atomic E-state index is 14.3. The Bertz CT molecular complexity index is 1750. The number of likely N-dealkylation sites (tertiary alicyclic amines) is 1. The molecule has 0 unspecified atom stereocenters. The van der Waals surface area contributed by atoms with Gasteiger partial charge < -0.3 is 54.2 Å². The van der Waals surface area contributed by atoms with E-state index in [4.69, 9.17) is 22.9 Å². The van der Waals surface area contributed by atoms with Crippen molar-refractivity contribution < 1.29 is 33.9 Å². The number of carboxylic acid groups (broad SMARTS) is 1. The second-order valence-corrected chi connectivity index (χ2v) is 15.0. The van der Waals surface area contributed by atoms with Gasteiger partial charge in [0.1, 0.15) is 30.2 Å². The zero-order valence-corrected chi connectivity index (χ0v) is 34.0. The molecule has 59 heavy (non-hydrogen) atoms. The summed E-state index contributed by atoms with van der Waals surface area (Å²) in [6, 6.07) is 13.0. The molecule has 2 aromatic carbocycles. The summed E-state index contributed by atoms with van der Waals surface area (Å²) in [5, 5.41) is 20.9. The van der Waals surface area contributed by atoms with E-state index in [1.807, 2.05) is 50.2 Å². The highest BCUT2D eigenvalue weighted by molar-refractivity contribution is 5.96. The first-order valence-corrected chi connectivity index (χ1v) is 20.1. The second kappa shape index (κ2) is 24.5. The predicted molar refractivity (Wildman–Crippen MR) is 224 cm³/mol. The summed E-state index contributed by atoms with van der Waals surface area (Å²) in [6.45, 7) is 4.35. The summed E-state index contributed by atoms with van der Waals surface area (Å²) in [7, 11) is 0. The van der Waals surface area contributed by atoms with Crippen LogP contribution in [0.2, 0.25) is 0 Å². The maximum Gasteiger partial charge on any atom is 0.326 e. The van der Waals surface area contributed by atoms with E-state index in [9.17, 15) is 33.9 Å². The molecule has 3 rings (SSSR count). The molecular formula is C41H61N11O7. The molecule has 18 heteroatoms. The highest BCUT2D eigenvalue weighted by atomic mass is 16.4. The number of carbonyl (C=O) groups is 6. The Morgan fingerprint density at radius 1 is 0.729 bits per heavy atom. The van der Waals surface area contributed by atoms with E-state index in [2.05, 4.69) is 31.3 Å². The van der Waals surface area contributed by atoms with Gasteiger partial charge in [0.2, 0.25) is 29.5 Å². The molecule has 13 N–H and O–H groups in total. The Morgan fingerprint density at radius 3 is 1.83 bits per heavy atom. The lowest BCUT2D eigenvalue weighted by Gasteiger charge is -2.31. The van der Waals surface area contributed by atoms with E-state index in [0.29, 0.717) is 19.3 Å². The summed E-state index contributed by atoms with van der Waals surface area (Å²) in [5.74, 6) is -4.24. The molecule has 0 spiro atoms. The van der Waals surface area contributed by atoms with E-state index < -0.39 is 59.8 Å². The number of nitrogens with one attached hydrogen (secondary N) is 4. The summed E-state index contributed by atoms with van der Waals surface area (Å²) in [6.07, 6.45) is 2.44. The topological polar surface area (TPSA) is 303 Å². The number of benzene rings is 2. The number of aliphatic imine (C=N–C) groups is 2. The molecule has 5 atom stereocenters. The lowest BCUT2D eigenvalue weighted by atomic mass is 10.00. The van der Waals surface area contributed by atoms with Crippen LogP contribution >= 0.6 is 0 Å². The average Bonchev–Trinajstić information content (AvgIpc) is 3.69. The quantitative estimate of drug-likeness (QED) is 0.0387. The molecule has 0 bridgehead atoms. The molecule has 1 aliphatic heterocycles. The largest absolute Gasteiger partial charge is 0.480 e. The number of rotatable bonds is 24. The smallest absolute Gasteiger partial charge is 0.326 e. The molecule has 18 nitrogen and oxygen atoms in total. The number of carbonyl (C=O) groups excluding carboxylic acids is 5. The van der Waals surface area contributed by atoms with Gasteiger partial charge in [0, 0.05) is 32.5 Å². The SMILES string of the molecule is CC(C)C[C@H](NC(=O)CCc1ccccc1)C(=O)N[C@@H](Cc1ccccc1)C(=O)N[C@@H](CCCN=C(N)N)C(=O)N1CCC[C@H]1C(=O)N[C@@H](CCCN=C(N)N)C(=O)O.